The van der Waals surface area contributed by atoms with Crippen LogP contribution in [0.5, 0.6) is 0 Å². The van der Waals surface area contributed by atoms with Gasteiger partial charge in [0.25, 0.3) is 0 Å². The van der Waals surface area contributed by atoms with Gasteiger partial charge in [0.2, 0.25) is 0 Å². The van der Waals surface area contributed by atoms with Gasteiger partial charge in [0.1, 0.15) is 0 Å². The number of rotatable bonds is 2. The maximum atomic E-state index is 3.83. The molecule has 0 fully saturated rings. The van der Waals surface area contributed by atoms with E-state index in [1.54, 1.807) is 0 Å². The fourth-order valence-electron chi connectivity index (χ4n) is 0.997. The van der Waals surface area contributed by atoms with Gasteiger partial charge < -0.3 is 0 Å². The summed E-state index contributed by atoms with van der Waals surface area (Å²) in [5.74, 6) is 0. The van der Waals surface area contributed by atoms with Crippen molar-refractivity contribution < 1.29 is 0 Å². The molecule has 0 radical (unpaired) electrons. The van der Waals surface area contributed by atoms with Crippen LogP contribution in [0.25, 0.3) is 10.6 Å². The van der Waals surface area contributed by atoms with Gasteiger partial charge >= 0.3 is 0 Å². The average Bonchev–Trinajstić information content (AvgIpc) is 2.03. The first-order valence-electron chi connectivity index (χ1n) is 3.42. The molecule has 1 rings (SSSR count). The van der Waals surface area contributed by atoms with Crippen LogP contribution in [0.2, 0.25) is 0 Å². The lowest BCUT2D eigenvalue weighted by atomic mass is 10.1. The van der Waals surface area contributed by atoms with Gasteiger partial charge in [0.05, 0.1) is 0 Å². The molecule has 1 aromatic carbocycles. The number of hydrogen-bond donors (Lipinski definition) is 0. The Morgan fingerprint density at radius 2 is 2.08 bits per heavy atom. The molecule has 0 saturated heterocycles. The molecule has 0 bridgehead atoms. The van der Waals surface area contributed by atoms with Crippen LogP contribution in [0, 0.1) is 0 Å². The Kier molecular flexibility index (Phi) is 3.29. The van der Waals surface area contributed by atoms with Gasteiger partial charge in [0.15, 0.2) is 0 Å². The molecule has 12 heavy (non-hydrogen) atoms. The molecule has 0 amide bonds. The molecule has 0 saturated carbocycles. The van der Waals surface area contributed by atoms with E-state index in [0.29, 0.717) is 0 Å². The Hall–Kier alpha value is -0.340. The van der Waals surface area contributed by atoms with Crippen LogP contribution in [0.1, 0.15) is 11.1 Å². The third-order valence-corrected chi connectivity index (χ3v) is 2.59. The topological polar surface area (TPSA) is 0 Å². The van der Waals surface area contributed by atoms with Crippen molar-refractivity contribution in [2.75, 3.05) is 0 Å². The highest BCUT2D eigenvalue weighted by molar-refractivity contribution is 9.15. The van der Waals surface area contributed by atoms with Gasteiger partial charge in [0, 0.05) is 14.5 Å². The summed E-state index contributed by atoms with van der Waals surface area (Å²) in [7, 11) is 0. The van der Waals surface area contributed by atoms with Crippen LogP contribution < -0.4 is 0 Å². The quantitative estimate of drug-likeness (QED) is 0.753. The van der Waals surface area contributed by atoms with Crippen molar-refractivity contribution in [1.29, 1.82) is 0 Å². The summed E-state index contributed by atoms with van der Waals surface area (Å²) in [6.07, 6.45) is 1.81. The van der Waals surface area contributed by atoms with Crippen molar-refractivity contribution in [1.82, 2.24) is 0 Å². The van der Waals surface area contributed by atoms with E-state index < -0.39 is 0 Å². The lowest BCUT2D eigenvalue weighted by molar-refractivity contribution is 1.56. The second-order valence-electron chi connectivity index (χ2n) is 2.31. The summed E-state index contributed by atoms with van der Waals surface area (Å²) in [5, 5.41) is 0. The molecule has 0 N–H and O–H groups in total. The summed E-state index contributed by atoms with van der Waals surface area (Å²) in [6, 6.07) is 5.95. The molecule has 0 aliphatic heterocycles. The molecule has 0 unspecified atom stereocenters. The third kappa shape index (κ3) is 1.87. The molecule has 0 aliphatic rings. The summed E-state index contributed by atoms with van der Waals surface area (Å²) in [6.45, 7) is 7.57. The first-order valence-corrected chi connectivity index (χ1v) is 5.01. The molecule has 0 nitrogen and oxygen atoms in total. The zero-order valence-corrected chi connectivity index (χ0v) is 9.65. The number of hydrogen-bond acceptors (Lipinski definition) is 0. The average molecular weight is 288 g/mol. The summed E-state index contributed by atoms with van der Waals surface area (Å²) < 4.78 is 1.90. The minimum absolute atomic E-state index is 0.866. The fourth-order valence-corrected chi connectivity index (χ4v) is 2.33. The molecule has 62 valence electrons. The van der Waals surface area contributed by atoms with E-state index in [1.807, 2.05) is 24.3 Å². The molecule has 0 heterocycles. The Bertz CT molecular complexity index is 327. The molecule has 1 aromatic rings. The van der Waals surface area contributed by atoms with Crippen molar-refractivity contribution in [2.24, 2.45) is 0 Å². The van der Waals surface area contributed by atoms with Gasteiger partial charge in [-0.25, -0.2) is 0 Å². The monoisotopic (exact) mass is 286 g/mol. The fraction of sp³-hybridized carbons (Fsp3) is 0. The minimum Gasteiger partial charge on any atom is -0.0984 e. The van der Waals surface area contributed by atoms with Crippen LogP contribution in [-0.4, -0.2) is 0 Å². The van der Waals surface area contributed by atoms with Crippen LogP contribution in [0.4, 0.5) is 0 Å². The van der Waals surface area contributed by atoms with E-state index in [4.69, 9.17) is 0 Å². The van der Waals surface area contributed by atoms with Gasteiger partial charge in [-0.05, 0) is 11.6 Å². The normalized spacial score (nSPS) is 9.50. The van der Waals surface area contributed by atoms with E-state index in [1.165, 1.54) is 0 Å². The highest BCUT2D eigenvalue weighted by Gasteiger charge is 2.04. The molecule has 0 aromatic heterocycles. The lowest BCUT2D eigenvalue weighted by Crippen LogP contribution is -1.83. The van der Waals surface area contributed by atoms with Gasteiger partial charge in [-0.2, -0.15) is 0 Å². The Labute approximate surface area is 89.2 Å². The largest absolute Gasteiger partial charge is 0.0984 e. The summed E-state index contributed by atoms with van der Waals surface area (Å²) in [5.41, 5.74) is 2.14. The van der Waals surface area contributed by atoms with Gasteiger partial charge in [-0.1, -0.05) is 63.2 Å². The summed E-state index contributed by atoms with van der Waals surface area (Å²) >= 11 is 6.80. The van der Waals surface area contributed by atoms with Gasteiger partial charge in [-0.15, -0.1) is 0 Å². The standard InChI is InChI=1S/C10H8Br2/c1-3-8-5-4-6-9(12)10(8)7(2)11/h3-6H,1-2H2. The summed E-state index contributed by atoms with van der Waals surface area (Å²) in [4.78, 5) is 0. The Balaban J connectivity index is 3.39. The minimum atomic E-state index is 0.866. The number of halogens is 2. The second kappa shape index (κ2) is 4.06. The zero-order chi connectivity index (χ0) is 9.14. The van der Waals surface area contributed by atoms with Crippen LogP contribution in [-0.2, 0) is 0 Å². The van der Waals surface area contributed by atoms with Crippen molar-refractivity contribution in [3.05, 3.63) is 47.0 Å². The number of benzene rings is 1. The highest BCUT2D eigenvalue weighted by Crippen LogP contribution is 2.30. The maximum Gasteiger partial charge on any atom is 0.0264 e. The van der Waals surface area contributed by atoms with E-state index in [-0.39, 0.29) is 0 Å². The van der Waals surface area contributed by atoms with E-state index >= 15 is 0 Å². The smallest absolute Gasteiger partial charge is 0.0264 e. The Morgan fingerprint density at radius 3 is 2.50 bits per heavy atom. The molecule has 0 aliphatic carbocycles. The first-order chi connectivity index (χ1) is 5.66. The second-order valence-corrected chi connectivity index (χ2v) is 4.12. The zero-order valence-electron chi connectivity index (χ0n) is 6.48. The van der Waals surface area contributed by atoms with Crippen molar-refractivity contribution in [3.63, 3.8) is 0 Å². The molecule has 0 spiro atoms. The van der Waals surface area contributed by atoms with Gasteiger partial charge in [-0.3, -0.25) is 0 Å². The van der Waals surface area contributed by atoms with E-state index in [2.05, 4.69) is 45.0 Å². The third-order valence-electron chi connectivity index (χ3n) is 1.54. The van der Waals surface area contributed by atoms with E-state index in [9.17, 15) is 0 Å². The van der Waals surface area contributed by atoms with Crippen LogP contribution in [0.15, 0.2) is 35.8 Å². The maximum absolute atomic E-state index is 3.83. The lowest BCUT2D eigenvalue weighted by Gasteiger charge is -2.05. The van der Waals surface area contributed by atoms with Crippen molar-refractivity contribution >= 4 is 42.4 Å². The SMILES string of the molecule is C=Cc1cccc(Br)c1C(=C)Br. The molecule has 2 heteroatoms. The van der Waals surface area contributed by atoms with Crippen molar-refractivity contribution in [2.45, 2.75) is 0 Å². The van der Waals surface area contributed by atoms with Crippen LogP contribution >= 0.6 is 31.9 Å². The first kappa shape index (κ1) is 9.75. The van der Waals surface area contributed by atoms with E-state index in [0.717, 1.165) is 20.1 Å². The highest BCUT2D eigenvalue weighted by atomic mass is 79.9. The molecular weight excluding hydrogens is 280 g/mol. The van der Waals surface area contributed by atoms with Crippen molar-refractivity contribution in [3.8, 4) is 0 Å². The van der Waals surface area contributed by atoms with Crippen LogP contribution in [0.3, 0.4) is 0 Å². The predicted octanol–water partition coefficient (Wildman–Crippen LogP) is 4.46. The predicted molar refractivity (Wildman–Crippen MR) is 62.2 cm³/mol. The molecule has 0 atom stereocenters. The Morgan fingerprint density at radius 1 is 1.42 bits per heavy atom. The molecular formula is C10H8Br2.